The molecule has 0 spiro atoms. The van der Waals surface area contributed by atoms with Crippen LogP contribution in [0, 0.1) is 0 Å². The van der Waals surface area contributed by atoms with E-state index in [1.807, 2.05) is 24.3 Å². The second kappa shape index (κ2) is 8.83. The Hall–Kier alpha value is -3.30. The maximum Gasteiger partial charge on any atom is 0.142 e. The lowest BCUT2D eigenvalue weighted by atomic mass is 9.95. The highest BCUT2D eigenvalue weighted by atomic mass is 35.5. The van der Waals surface area contributed by atoms with Gasteiger partial charge in [-0.25, -0.2) is 0 Å². The minimum Gasteiger partial charge on any atom is -0.391 e. The van der Waals surface area contributed by atoms with Crippen molar-refractivity contribution in [2.45, 2.75) is 25.9 Å². The van der Waals surface area contributed by atoms with E-state index in [-0.39, 0.29) is 0 Å². The first-order valence-electron chi connectivity index (χ1n) is 10.6. The van der Waals surface area contributed by atoms with E-state index in [4.69, 9.17) is 16.4 Å². The Bertz CT molecular complexity index is 1210. The molecule has 0 amide bonds. The summed E-state index contributed by atoms with van der Waals surface area (Å²) >= 11 is 6.08. The van der Waals surface area contributed by atoms with Gasteiger partial charge in [0.2, 0.25) is 0 Å². The molecule has 5 rings (SSSR count). The SMILES string of the molecule is Clc1cccc(CO/N=C2/CCCc3c2cc(-c2ccccc2)n3-c2ccccc2)c1. The molecule has 1 aliphatic carbocycles. The van der Waals surface area contributed by atoms with Gasteiger partial charge in [-0.2, -0.15) is 0 Å². The number of para-hydroxylation sites is 1. The van der Waals surface area contributed by atoms with Gasteiger partial charge in [-0.3, -0.25) is 0 Å². The molecule has 0 saturated heterocycles. The van der Waals surface area contributed by atoms with E-state index in [1.165, 1.54) is 28.2 Å². The summed E-state index contributed by atoms with van der Waals surface area (Å²) in [5.41, 5.74) is 8.04. The van der Waals surface area contributed by atoms with Crippen molar-refractivity contribution in [3.05, 3.63) is 113 Å². The van der Waals surface area contributed by atoms with Gasteiger partial charge in [-0.05, 0) is 60.7 Å². The third-order valence-electron chi connectivity index (χ3n) is 5.62. The van der Waals surface area contributed by atoms with Crippen LogP contribution >= 0.6 is 11.6 Å². The lowest BCUT2D eigenvalue weighted by Gasteiger charge is -2.18. The number of hydrogen-bond donors (Lipinski definition) is 0. The van der Waals surface area contributed by atoms with Crippen LogP contribution in [0.2, 0.25) is 5.02 Å². The van der Waals surface area contributed by atoms with Gasteiger partial charge in [0.25, 0.3) is 0 Å². The van der Waals surface area contributed by atoms with Crippen molar-refractivity contribution >= 4 is 17.3 Å². The molecule has 0 unspecified atom stereocenters. The first kappa shape index (κ1) is 19.7. The number of nitrogens with zero attached hydrogens (tertiary/aromatic N) is 2. The van der Waals surface area contributed by atoms with Gasteiger partial charge < -0.3 is 9.40 Å². The van der Waals surface area contributed by atoms with Crippen LogP contribution in [-0.2, 0) is 17.9 Å². The average molecular weight is 427 g/mol. The number of fused-ring (bicyclic) bond motifs is 1. The van der Waals surface area contributed by atoms with E-state index < -0.39 is 0 Å². The number of rotatable bonds is 5. The van der Waals surface area contributed by atoms with Crippen molar-refractivity contribution in [3.63, 3.8) is 0 Å². The van der Waals surface area contributed by atoms with Crippen LogP contribution in [-0.4, -0.2) is 10.3 Å². The number of hydrogen-bond acceptors (Lipinski definition) is 2. The largest absolute Gasteiger partial charge is 0.391 e. The summed E-state index contributed by atoms with van der Waals surface area (Å²) in [4.78, 5) is 5.75. The van der Waals surface area contributed by atoms with Crippen LogP contribution in [0.5, 0.6) is 0 Å². The van der Waals surface area contributed by atoms with Gasteiger partial charge in [0.05, 0.1) is 11.4 Å². The molecule has 3 aromatic carbocycles. The maximum absolute atomic E-state index is 6.08. The summed E-state index contributed by atoms with van der Waals surface area (Å²) in [5.74, 6) is 0. The summed E-state index contributed by atoms with van der Waals surface area (Å²) < 4.78 is 2.37. The smallest absolute Gasteiger partial charge is 0.142 e. The number of oxime groups is 1. The van der Waals surface area contributed by atoms with Crippen LogP contribution < -0.4 is 0 Å². The molecule has 0 N–H and O–H groups in total. The van der Waals surface area contributed by atoms with Crippen molar-refractivity contribution in [3.8, 4) is 16.9 Å². The Balaban J connectivity index is 1.53. The minimum absolute atomic E-state index is 0.407. The highest BCUT2D eigenvalue weighted by Gasteiger charge is 2.24. The fourth-order valence-corrected chi connectivity index (χ4v) is 4.42. The molecule has 3 nitrogen and oxygen atoms in total. The van der Waals surface area contributed by atoms with E-state index in [0.29, 0.717) is 11.6 Å². The molecule has 154 valence electrons. The lowest BCUT2D eigenvalue weighted by Crippen LogP contribution is -2.14. The summed E-state index contributed by atoms with van der Waals surface area (Å²) in [6.07, 6.45) is 2.98. The zero-order chi connectivity index (χ0) is 21.0. The van der Waals surface area contributed by atoms with E-state index in [9.17, 15) is 0 Å². The Morgan fingerprint density at radius 1 is 0.839 bits per heavy atom. The highest BCUT2D eigenvalue weighted by molar-refractivity contribution is 6.30. The predicted molar refractivity (Wildman–Crippen MR) is 127 cm³/mol. The van der Waals surface area contributed by atoms with Crippen LogP contribution in [0.25, 0.3) is 16.9 Å². The molecule has 0 saturated carbocycles. The van der Waals surface area contributed by atoms with Crippen molar-refractivity contribution < 1.29 is 4.84 Å². The summed E-state index contributed by atoms with van der Waals surface area (Å²) in [7, 11) is 0. The van der Waals surface area contributed by atoms with Gasteiger partial charge in [0, 0.05) is 22.0 Å². The topological polar surface area (TPSA) is 26.5 Å². The first-order valence-corrected chi connectivity index (χ1v) is 11.0. The molecule has 31 heavy (non-hydrogen) atoms. The molecule has 1 aliphatic rings. The summed E-state index contributed by atoms with van der Waals surface area (Å²) in [5, 5.41) is 5.26. The van der Waals surface area contributed by atoms with Gasteiger partial charge in [0.1, 0.15) is 6.61 Å². The molecule has 0 radical (unpaired) electrons. The molecule has 0 fully saturated rings. The van der Waals surface area contributed by atoms with E-state index >= 15 is 0 Å². The molecule has 1 heterocycles. The molecule has 0 bridgehead atoms. The highest BCUT2D eigenvalue weighted by Crippen LogP contribution is 2.34. The Morgan fingerprint density at radius 2 is 1.61 bits per heavy atom. The zero-order valence-electron chi connectivity index (χ0n) is 17.2. The van der Waals surface area contributed by atoms with Crippen LogP contribution in [0.1, 0.15) is 29.7 Å². The fraction of sp³-hybridized carbons (Fsp3) is 0.148. The van der Waals surface area contributed by atoms with Gasteiger partial charge in [0.15, 0.2) is 0 Å². The van der Waals surface area contributed by atoms with E-state index in [1.54, 1.807) is 0 Å². The summed E-state index contributed by atoms with van der Waals surface area (Å²) in [6, 6.07) is 31.0. The monoisotopic (exact) mass is 426 g/mol. The fourth-order valence-electron chi connectivity index (χ4n) is 4.20. The number of benzene rings is 3. The van der Waals surface area contributed by atoms with Crippen LogP contribution in [0.3, 0.4) is 0 Å². The predicted octanol–water partition coefficient (Wildman–Crippen LogP) is 7.05. The number of aromatic nitrogens is 1. The zero-order valence-corrected chi connectivity index (χ0v) is 17.9. The van der Waals surface area contributed by atoms with Gasteiger partial charge in [-0.1, -0.05) is 77.4 Å². The van der Waals surface area contributed by atoms with Crippen LogP contribution in [0.15, 0.2) is 96.2 Å². The van der Waals surface area contributed by atoms with E-state index in [2.05, 4.69) is 76.5 Å². The van der Waals surface area contributed by atoms with Crippen molar-refractivity contribution in [1.82, 2.24) is 4.57 Å². The minimum atomic E-state index is 0.407. The molecule has 4 aromatic rings. The molecule has 1 aromatic heterocycles. The quantitative estimate of drug-likeness (QED) is 0.314. The van der Waals surface area contributed by atoms with Crippen molar-refractivity contribution in [2.24, 2.45) is 5.16 Å². The maximum atomic E-state index is 6.08. The van der Waals surface area contributed by atoms with Crippen LogP contribution in [0.4, 0.5) is 0 Å². The lowest BCUT2D eigenvalue weighted by molar-refractivity contribution is 0.130. The summed E-state index contributed by atoms with van der Waals surface area (Å²) in [6.45, 7) is 0.407. The second-order valence-corrected chi connectivity index (χ2v) is 8.16. The van der Waals surface area contributed by atoms with E-state index in [0.717, 1.165) is 30.5 Å². The van der Waals surface area contributed by atoms with Gasteiger partial charge >= 0.3 is 0 Å². The molecule has 0 atom stereocenters. The average Bonchev–Trinajstić information content (AvgIpc) is 3.21. The van der Waals surface area contributed by atoms with Gasteiger partial charge in [-0.15, -0.1) is 0 Å². The Labute approximate surface area is 187 Å². The molecule has 0 aliphatic heterocycles. The molecule has 4 heteroatoms. The first-order chi connectivity index (χ1) is 15.3. The molecular weight excluding hydrogens is 404 g/mol. The Morgan fingerprint density at radius 3 is 2.39 bits per heavy atom. The third-order valence-corrected chi connectivity index (χ3v) is 5.85. The molecular formula is C27H23ClN2O. The Kier molecular flexibility index (Phi) is 5.59. The second-order valence-electron chi connectivity index (χ2n) is 7.72. The standard InChI is InChI=1S/C27H23ClN2O/c28-22-12-7-9-20(17-22)19-31-29-25-15-8-16-26-24(25)18-27(21-10-3-1-4-11-21)30(26)23-13-5-2-6-14-23/h1-7,9-14,17-18H,8,15-16,19H2/b29-25-. The number of halogens is 1. The van der Waals surface area contributed by atoms with Crippen molar-refractivity contribution in [2.75, 3.05) is 0 Å². The normalized spacial score (nSPS) is 14.4. The third kappa shape index (κ3) is 4.14. The van der Waals surface area contributed by atoms with Crippen molar-refractivity contribution in [1.29, 1.82) is 0 Å².